The third-order valence-electron chi connectivity index (χ3n) is 2.59. The first-order valence-corrected chi connectivity index (χ1v) is 5.94. The summed E-state index contributed by atoms with van der Waals surface area (Å²) in [4.78, 5) is 10.3. The summed E-state index contributed by atoms with van der Waals surface area (Å²) in [7, 11) is 1.62. The summed E-state index contributed by atoms with van der Waals surface area (Å²) in [6.45, 7) is 1.69. The molecule has 1 aromatic heterocycles. The zero-order chi connectivity index (χ0) is 14.4. The fourth-order valence-corrected chi connectivity index (χ4v) is 1.63. The smallest absolute Gasteiger partial charge is 0.271 e. The van der Waals surface area contributed by atoms with Gasteiger partial charge in [0.2, 0.25) is 0 Å². The summed E-state index contributed by atoms with van der Waals surface area (Å²) in [6.07, 6.45) is 0. The average molecular weight is 278 g/mol. The molecule has 0 atom stereocenters. The van der Waals surface area contributed by atoms with Crippen LogP contribution < -0.4 is 5.32 Å². The van der Waals surface area contributed by atoms with Gasteiger partial charge in [0.1, 0.15) is 0 Å². The summed E-state index contributed by atoms with van der Waals surface area (Å²) in [5.74, 6) is 0.571. The Morgan fingerprint density at radius 2 is 2.35 bits per heavy atom. The minimum Gasteiger partial charge on any atom is -0.383 e. The second kappa shape index (κ2) is 6.68. The molecule has 9 nitrogen and oxygen atoms in total. The molecule has 0 saturated carbocycles. The lowest BCUT2D eigenvalue weighted by atomic mass is 10.3. The number of nitro groups is 1. The number of ether oxygens (including phenoxy) is 1. The lowest BCUT2D eigenvalue weighted by Crippen LogP contribution is -2.21. The van der Waals surface area contributed by atoms with Gasteiger partial charge < -0.3 is 10.1 Å². The normalized spacial score (nSPS) is 10.7. The number of non-ortho nitro benzene ring substituents is 1. The summed E-state index contributed by atoms with van der Waals surface area (Å²) in [5, 5.41) is 25.2. The maximum atomic E-state index is 10.8. The van der Waals surface area contributed by atoms with Crippen LogP contribution in [0.4, 0.5) is 5.69 Å². The van der Waals surface area contributed by atoms with Gasteiger partial charge in [0.05, 0.1) is 23.8 Å². The number of aromatic nitrogens is 4. The van der Waals surface area contributed by atoms with Crippen LogP contribution >= 0.6 is 0 Å². The molecule has 0 radical (unpaired) electrons. The van der Waals surface area contributed by atoms with Crippen LogP contribution in [0.1, 0.15) is 5.82 Å². The zero-order valence-electron chi connectivity index (χ0n) is 10.9. The summed E-state index contributed by atoms with van der Waals surface area (Å²) < 4.78 is 6.39. The molecule has 0 aliphatic carbocycles. The zero-order valence-corrected chi connectivity index (χ0v) is 10.9. The van der Waals surface area contributed by atoms with Crippen molar-refractivity contribution < 1.29 is 9.66 Å². The molecule has 106 valence electrons. The molecule has 0 spiro atoms. The standard InChI is InChI=1S/C11H14N6O3/c1-20-6-5-12-8-11-13-14-15-16(11)9-3-2-4-10(7-9)17(18)19/h2-4,7,12H,5-6,8H2,1H3. The van der Waals surface area contributed by atoms with Crippen LogP contribution in [0.15, 0.2) is 24.3 Å². The highest BCUT2D eigenvalue weighted by Gasteiger charge is 2.11. The van der Waals surface area contributed by atoms with Crippen LogP contribution in [0.25, 0.3) is 5.69 Å². The molecule has 0 fully saturated rings. The van der Waals surface area contributed by atoms with Crippen LogP contribution in [0.5, 0.6) is 0 Å². The van der Waals surface area contributed by atoms with E-state index in [1.54, 1.807) is 19.2 Å². The maximum Gasteiger partial charge on any atom is 0.271 e. The number of benzene rings is 1. The highest BCUT2D eigenvalue weighted by Crippen LogP contribution is 2.16. The van der Waals surface area contributed by atoms with E-state index in [1.807, 2.05) is 0 Å². The van der Waals surface area contributed by atoms with Crippen LogP contribution in [0.2, 0.25) is 0 Å². The monoisotopic (exact) mass is 278 g/mol. The molecule has 9 heteroatoms. The van der Waals surface area contributed by atoms with Gasteiger partial charge in [-0.2, -0.15) is 4.68 Å². The number of hydrogen-bond donors (Lipinski definition) is 1. The predicted octanol–water partition coefficient (Wildman–Crippen LogP) is 0.306. The van der Waals surface area contributed by atoms with Crippen molar-refractivity contribution in [1.82, 2.24) is 25.5 Å². The highest BCUT2D eigenvalue weighted by atomic mass is 16.6. The van der Waals surface area contributed by atoms with Crippen LogP contribution in [0.3, 0.4) is 0 Å². The average Bonchev–Trinajstić information content (AvgIpc) is 2.92. The van der Waals surface area contributed by atoms with E-state index in [1.165, 1.54) is 16.8 Å². The summed E-state index contributed by atoms with van der Waals surface area (Å²) in [5.41, 5.74) is 0.545. The Balaban J connectivity index is 2.14. The third kappa shape index (κ3) is 3.33. The van der Waals surface area contributed by atoms with Gasteiger partial charge in [-0.1, -0.05) is 6.07 Å². The molecule has 0 unspecified atom stereocenters. The molecule has 0 bridgehead atoms. The Morgan fingerprint density at radius 1 is 1.50 bits per heavy atom. The molecule has 0 saturated heterocycles. The molecule has 0 aliphatic rings. The number of nitrogens with one attached hydrogen (secondary N) is 1. The Morgan fingerprint density at radius 3 is 3.10 bits per heavy atom. The van der Waals surface area contributed by atoms with E-state index < -0.39 is 4.92 Å². The highest BCUT2D eigenvalue weighted by molar-refractivity contribution is 5.42. The van der Waals surface area contributed by atoms with E-state index in [4.69, 9.17) is 4.74 Å². The van der Waals surface area contributed by atoms with Gasteiger partial charge >= 0.3 is 0 Å². The maximum absolute atomic E-state index is 10.8. The topological polar surface area (TPSA) is 108 Å². The minimum absolute atomic E-state index is 0.00343. The molecule has 2 aromatic rings. The number of tetrazole rings is 1. The van der Waals surface area contributed by atoms with Gasteiger partial charge in [-0.3, -0.25) is 10.1 Å². The summed E-state index contributed by atoms with van der Waals surface area (Å²) >= 11 is 0. The molecule has 1 aromatic carbocycles. The Hall–Kier alpha value is -2.39. The molecule has 2 rings (SSSR count). The van der Waals surface area contributed by atoms with Crippen molar-refractivity contribution in [2.45, 2.75) is 6.54 Å². The van der Waals surface area contributed by atoms with Gasteiger partial charge in [0, 0.05) is 25.8 Å². The second-order valence-corrected chi connectivity index (χ2v) is 3.95. The lowest BCUT2D eigenvalue weighted by Gasteiger charge is -2.05. The van der Waals surface area contributed by atoms with Gasteiger partial charge in [-0.15, -0.1) is 5.10 Å². The Labute approximate surface area is 114 Å². The van der Waals surface area contributed by atoms with E-state index in [0.717, 1.165) is 0 Å². The van der Waals surface area contributed by atoms with Crippen LogP contribution in [-0.2, 0) is 11.3 Å². The predicted molar refractivity (Wildman–Crippen MR) is 69.4 cm³/mol. The van der Waals surface area contributed by atoms with Gasteiger partial charge in [0.15, 0.2) is 5.82 Å². The quantitative estimate of drug-likeness (QED) is 0.441. The van der Waals surface area contributed by atoms with Crippen molar-refractivity contribution in [3.05, 3.63) is 40.2 Å². The number of nitro benzene ring substituents is 1. The van der Waals surface area contributed by atoms with E-state index in [-0.39, 0.29) is 5.69 Å². The number of hydrogen-bond acceptors (Lipinski definition) is 7. The van der Waals surface area contributed by atoms with Crippen molar-refractivity contribution in [3.8, 4) is 5.69 Å². The molecular formula is C11H14N6O3. The van der Waals surface area contributed by atoms with Crippen molar-refractivity contribution in [2.75, 3.05) is 20.3 Å². The number of nitrogens with zero attached hydrogens (tertiary/aromatic N) is 5. The van der Waals surface area contributed by atoms with Crippen molar-refractivity contribution in [3.63, 3.8) is 0 Å². The molecule has 1 N–H and O–H groups in total. The molecule has 0 amide bonds. The van der Waals surface area contributed by atoms with Gasteiger partial charge in [-0.25, -0.2) is 0 Å². The first-order valence-electron chi connectivity index (χ1n) is 5.94. The minimum atomic E-state index is -0.454. The van der Waals surface area contributed by atoms with Crippen LogP contribution in [-0.4, -0.2) is 45.4 Å². The Kier molecular flexibility index (Phi) is 4.69. The number of rotatable bonds is 7. The molecular weight excluding hydrogens is 264 g/mol. The summed E-state index contributed by atoms with van der Waals surface area (Å²) in [6, 6.07) is 6.15. The van der Waals surface area contributed by atoms with E-state index in [0.29, 0.717) is 31.2 Å². The van der Waals surface area contributed by atoms with Crippen molar-refractivity contribution in [2.24, 2.45) is 0 Å². The fraction of sp³-hybridized carbons (Fsp3) is 0.364. The number of methoxy groups -OCH3 is 1. The van der Waals surface area contributed by atoms with Gasteiger partial charge in [0.25, 0.3) is 5.69 Å². The molecule has 1 heterocycles. The lowest BCUT2D eigenvalue weighted by molar-refractivity contribution is -0.384. The van der Waals surface area contributed by atoms with Crippen molar-refractivity contribution >= 4 is 5.69 Å². The van der Waals surface area contributed by atoms with Crippen LogP contribution in [0, 0.1) is 10.1 Å². The van der Waals surface area contributed by atoms with E-state index >= 15 is 0 Å². The van der Waals surface area contributed by atoms with E-state index in [9.17, 15) is 10.1 Å². The van der Waals surface area contributed by atoms with Gasteiger partial charge in [-0.05, 0) is 16.5 Å². The second-order valence-electron chi connectivity index (χ2n) is 3.95. The SMILES string of the molecule is COCCNCc1nnnn1-c1cccc([N+](=O)[O-])c1. The largest absolute Gasteiger partial charge is 0.383 e. The molecule has 20 heavy (non-hydrogen) atoms. The first kappa shape index (κ1) is 14.0. The Bertz CT molecular complexity index is 585. The third-order valence-corrected chi connectivity index (χ3v) is 2.59. The fourth-order valence-electron chi connectivity index (χ4n) is 1.63. The van der Waals surface area contributed by atoms with Crippen molar-refractivity contribution in [1.29, 1.82) is 0 Å². The molecule has 0 aliphatic heterocycles. The first-order chi connectivity index (χ1) is 9.72. The van der Waals surface area contributed by atoms with E-state index in [2.05, 4.69) is 20.8 Å².